The van der Waals surface area contributed by atoms with Crippen LogP contribution in [0.3, 0.4) is 0 Å². The van der Waals surface area contributed by atoms with Crippen LogP contribution in [0.15, 0.2) is 30.5 Å². The van der Waals surface area contributed by atoms with E-state index in [4.69, 9.17) is 24.5 Å². The molecule has 154 valence electrons. The molecule has 0 spiro atoms. The van der Waals surface area contributed by atoms with Crippen molar-refractivity contribution in [3.63, 3.8) is 0 Å². The van der Waals surface area contributed by atoms with Gasteiger partial charge < -0.3 is 14.2 Å². The van der Waals surface area contributed by atoms with Crippen molar-refractivity contribution >= 4 is 17.0 Å². The zero-order chi connectivity index (χ0) is 21.1. The van der Waals surface area contributed by atoms with Gasteiger partial charge in [0.05, 0.1) is 35.5 Å². The molecule has 4 rings (SSSR count). The molecule has 0 saturated carbocycles. The summed E-state index contributed by atoms with van der Waals surface area (Å²) in [5.74, 6) is 0.886. The van der Waals surface area contributed by atoms with Crippen LogP contribution in [0, 0.1) is 11.3 Å². The van der Waals surface area contributed by atoms with Gasteiger partial charge in [0.1, 0.15) is 13.2 Å². The van der Waals surface area contributed by atoms with E-state index in [0.717, 1.165) is 5.56 Å². The predicted molar refractivity (Wildman–Crippen MR) is 109 cm³/mol. The van der Waals surface area contributed by atoms with E-state index >= 15 is 0 Å². The van der Waals surface area contributed by atoms with E-state index in [1.807, 2.05) is 38.1 Å². The van der Waals surface area contributed by atoms with Gasteiger partial charge in [-0.1, -0.05) is 0 Å². The zero-order valence-corrected chi connectivity index (χ0v) is 16.9. The van der Waals surface area contributed by atoms with Gasteiger partial charge >= 0.3 is 5.97 Å². The SMILES string of the molecule is CC(C)n1ncc2c(C(=O)OCCCC#N)cc(-c3ccc4c(c3)OCCO4)nc21. The van der Waals surface area contributed by atoms with Gasteiger partial charge in [0.25, 0.3) is 0 Å². The zero-order valence-electron chi connectivity index (χ0n) is 16.9. The molecule has 8 heteroatoms. The maximum atomic E-state index is 12.8. The Balaban J connectivity index is 1.77. The first-order valence-electron chi connectivity index (χ1n) is 9.91. The number of carbonyl (C=O) groups is 1. The van der Waals surface area contributed by atoms with Crippen LogP contribution in [-0.4, -0.2) is 40.6 Å². The number of ether oxygens (including phenoxy) is 3. The van der Waals surface area contributed by atoms with Gasteiger partial charge in [-0.25, -0.2) is 14.5 Å². The number of benzene rings is 1. The summed E-state index contributed by atoms with van der Waals surface area (Å²) in [6.07, 6.45) is 2.48. The standard InChI is InChI=1S/C22H22N4O4/c1-14(2)26-21-17(13-24-26)16(22(27)30-8-4-3-7-23)12-18(25-21)15-5-6-19-20(11-15)29-10-9-28-19/h5-6,11-14H,3-4,8-10H2,1-2H3. The average molecular weight is 406 g/mol. The van der Waals surface area contributed by atoms with E-state index in [1.54, 1.807) is 16.9 Å². The van der Waals surface area contributed by atoms with Gasteiger partial charge in [0, 0.05) is 18.0 Å². The number of hydrogen-bond donors (Lipinski definition) is 0. The summed E-state index contributed by atoms with van der Waals surface area (Å²) in [6, 6.07) is 9.43. The van der Waals surface area contributed by atoms with Crippen LogP contribution in [0.4, 0.5) is 0 Å². The summed E-state index contributed by atoms with van der Waals surface area (Å²) in [4.78, 5) is 17.6. The molecule has 2 aromatic heterocycles. The molecule has 0 N–H and O–H groups in total. The molecule has 0 aliphatic carbocycles. The van der Waals surface area contributed by atoms with Crippen LogP contribution in [0.1, 0.15) is 43.1 Å². The van der Waals surface area contributed by atoms with Crippen molar-refractivity contribution in [1.82, 2.24) is 14.8 Å². The quantitative estimate of drug-likeness (QED) is 0.452. The lowest BCUT2D eigenvalue weighted by molar-refractivity contribution is 0.0504. The fourth-order valence-electron chi connectivity index (χ4n) is 3.31. The van der Waals surface area contributed by atoms with E-state index in [0.29, 0.717) is 59.8 Å². The number of unbranched alkanes of at least 4 members (excludes halogenated alkanes) is 1. The molecule has 3 aromatic rings. The van der Waals surface area contributed by atoms with Gasteiger partial charge in [-0.2, -0.15) is 10.4 Å². The molecule has 0 unspecified atom stereocenters. The Morgan fingerprint density at radius 3 is 2.83 bits per heavy atom. The topological polar surface area (TPSA) is 99.3 Å². The lowest BCUT2D eigenvalue weighted by Gasteiger charge is -2.19. The highest BCUT2D eigenvalue weighted by Crippen LogP contribution is 2.35. The third kappa shape index (κ3) is 3.79. The number of aromatic nitrogens is 3. The maximum Gasteiger partial charge on any atom is 0.339 e. The third-order valence-electron chi connectivity index (χ3n) is 4.78. The van der Waals surface area contributed by atoms with Gasteiger partial charge in [-0.3, -0.25) is 0 Å². The first kappa shape index (κ1) is 19.7. The minimum Gasteiger partial charge on any atom is -0.486 e. The molecule has 1 aliphatic rings. The molecule has 0 atom stereocenters. The molecule has 30 heavy (non-hydrogen) atoms. The number of fused-ring (bicyclic) bond motifs is 2. The Kier molecular flexibility index (Phi) is 5.53. The second kappa shape index (κ2) is 8.41. The number of nitriles is 1. The van der Waals surface area contributed by atoms with Crippen molar-refractivity contribution < 1.29 is 19.0 Å². The summed E-state index contributed by atoms with van der Waals surface area (Å²) in [5, 5.41) is 13.7. The fourth-order valence-corrected chi connectivity index (χ4v) is 3.31. The molecule has 0 radical (unpaired) electrons. The second-order valence-electron chi connectivity index (χ2n) is 7.23. The van der Waals surface area contributed by atoms with Gasteiger partial charge in [-0.05, 0) is 44.5 Å². The van der Waals surface area contributed by atoms with Crippen molar-refractivity contribution in [2.75, 3.05) is 19.8 Å². The number of rotatable bonds is 6. The van der Waals surface area contributed by atoms with E-state index in [-0.39, 0.29) is 12.6 Å². The lowest BCUT2D eigenvalue weighted by Crippen LogP contribution is -2.15. The number of pyridine rings is 1. The molecule has 8 nitrogen and oxygen atoms in total. The average Bonchev–Trinajstić information content (AvgIpc) is 3.20. The summed E-state index contributed by atoms with van der Waals surface area (Å²) < 4.78 is 18.4. The highest BCUT2D eigenvalue weighted by atomic mass is 16.6. The second-order valence-corrected chi connectivity index (χ2v) is 7.23. The molecular weight excluding hydrogens is 384 g/mol. The number of esters is 1. The van der Waals surface area contributed by atoms with Crippen LogP contribution in [-0.2, 0) is 4.74 Å². The first-order chi connectivity index (χ1) is 14.6. The van der Waals surface area contributed by atoms with Crippen molar-refractivity contribution in [3.8, 4) is 28.8 Å². The van der Waals surface area contributed by atoms with E-state index in [1.165, 1.54) is 0 Å². The molecule has 3 heterocycles. The minimum absolute atomic E-state index is 0.0741. The van der Waals surface area contributed by atoms with Gasteiger partial charge in [0.2, 0.25) is 0 Å². The fraction of sp³-hybridized carbons (Fsp3) is 0.364. The van der Waals surface area contributed by atoms with E-state index < -0.39 is 5.97 Å². The molecule has 0 saturated heterocycles. The van der Waals surface area contributed by atoms with E-state index in [9.17, 15) is 4.79 Å². The molecule has 0 amide bonds. The summed E-state index contributed by atoms with van der Waals surface area (Å²) in [7, 11) is 0. The number of carbonyl (C=O) groups excluding carboxylic acids is 1. The molecule has 1 aliphatic heterocycles. The Morgan fingerprint density at radius 1 is 1.27 bits per heavy atom. The van der Waals surface area contributed by atoms with Gasteiger partial charge in [0.15, 0.2) is 17.1 Å². The van der Waals surface area contributed by atoms with Crippen LogP contribution >= 0.6 is 0 Å². The van der Waals surface area contributed by atoms with Crippen molar-refractivity contribution in [3.05, 3.63) is 36.0 Å². The maximum absolute atomic E-state index is 12.8. The normalized spacial score (nSPS) is 12.7. The molecule has 0 bridgehead atoms. The monoisotopic (exact) mass is 406 g/mol. The largest absolute Gasteiger partial charge is 0.486 e. The van der Waals surface area contributed by atoms with Crippen molar-refractivity contribution in [2.24, 2.45) is 0 Å². The number of hydrogen-bond acceptors (Lipinski definition) is 7. The highest BCUT2D eigenvalue weighted by molar-refractivity contribution is 6.03. The Morgan fingerprint density at radius 2 is 2.07 bits per heavy atom. The molecule has 0 fully saturated rings. The van der Waals surface area contributed by atoms with Crippen LogP contribution in [0.25, 0.3) is 22.3 Å². The Bertz CT molecular complexity index is 1130. The van der Waals surface area contributed by atoms with E-state index in [2.05, 4.69) is 5.10 Å². The predicted octanol–water partition coefficient (Wildman–Crippen LogP) is 3.91. The molecular formula is C22H22N4O4. The number of nitrogens with zero attached hydrogens (tertiary/aromatic N) is 4. The molecule has 1 aromatic carbocycles. The minimum atomic E-state index is -0.456. The highest BCUT2D eigenvalue weighted by Gasteiger charge is 2.21. The van der Waals surface area contributed by atoms with Crippen molar-refractivity contribution in [1.29, 1.82) is 5.26 Å². The summed E-state index contributed by atoms with van der Waals surface area (Å²) in [5.41, 5.74) is 2.43. The first-order valence-corrected chi connectivity index (χ1v) is 9.91. The Hall–Kier alpha value is -3.60. The third-order valence-corrected chi connectivity index (χ3v) is 4.78. The summed E-state index contributed by atoms with van der Waals surface area (Å²) in [6.45, 7) is 5.21. The van der Waals surface area contributed by atoms with Gasteiger partial charge in [-0.15, -0.1) is 0 Å². The smallest absolute Gasteiger partial charge is 0.339 e. The van der Waals surface area contributed by atoms with Crippen LogP contribution in [0.2, 0.25) is 0 Å². The van der Waals surface area contributed by atoms with Crippen LogP contribution < -0.4 is 9.47 Å². The Labute approximate surface area is 174 Å². The van der Waals surface area contributed by atoms with Crippen LogP contribution in [0.5, 0.6) is 11.5 Å². The lowest BCUT2D eigenvalue weighted by atomic mass is 10.1. The van der Waals surface area contributed by atoms with Crippen molar-refractivity contribution in [2.45, 2.75) is 32.7 Å². The summed E-state index contributed by atoms with van der Waals surface area (Å²) >= 11 is 0.